The van der Waals surface area contributed by atoms with E-state index in [-0.39, 0.29) is 0 Å². The average molecular weight is 238 g/mol. The Kier molecular flexibility index (Phi) is 6.21. The van der Waals surface area contributed by atoms with Crippen LogP contribution in [0.1, 0.15) is 41.0 Å². The third-order valence-electron chi connectivity index (χ3n) is 3.64. The second-order valence-electron chi connectivity index (χ2n) is 6.07. The number of hydrogen-bond acceptors (Lipinski definition) is 2. The minimum Gasteiger partial charge on any atom is -0.311 e. The molecule has 0 aromatic carbocycles. The topological polar surface area (TPSA) is 15.3 Å². The van der Waals surface area contributed by atoms with Gasteiger partial charge in [-0.25, -0.2) is 0 Å². The van der Waals surface area contributed by atoms with Gasteiger partial charge in [0.2, 0.25) is 0 Å². The lowest BCUT2D eigenvalue weighted by molar-refractivity contribution is 0.104. The highest BCUT2D eigenvalue weighted by molar-refractivity contribution is 4.92. The van der Waals surface area contributed by atoms with Crippen LogP contribution in [0.15, 0.2) is 12.2 Å². The molecular formula is C15H30N2. The smallest absolute Gasteiger partial charge is 0.0247 e. The molecule has 0 amide bonds. The SMILES string of the molecule is C/C=C/CN1CC(CC(C)C)NCC1C(C)C. The van der Waals surface area contributed by atoms with Gasteiger partial charge >= 0.3 is 0 Å². The standard InChI is InChI=1S/C15H30N2/c1-6-7-8-17-11-14(9-12(2)3)16-10-15(17)13(4)5/h6-7,12-16H,8-11H2,1-5H3/b7-6+. The molecular weight excluding hydrogens is 208 g/mol. The van der Waals surface area contributed by atoms with Gasteiger partial charge in [-0.3, -0.25) is 4.90 Å². The summed E-state index contributed by atoms with van der Waals surface area (Å²) in [5, 5.41) is 3.72. The molecule has 1 fully saturated rings. The molecule has 17 heavy (non-hydrogen) atoms. The van der Waals surface area contributed by atoms with Gasteiger partial charge in [0.15, 0.2) is 0 Å². The lowest BCUT2D eigenvalue weighted by Crippen LogP contribution is -2.58. The zero-order chi connectivity index (χ0) is 12.8. The van der Waals surface area contributed by atoms with Gasteiger partial charge in [-0.05, 0) is 25.2 Å². The van der Waals surface area contributed by atoms with E-state index in [1.54, 1.807) is 0 Å². The number of allylic oxidation sites excluding steroid dienone is 1. The fraction of sp³-hybridized carbons (Fsp3) is 0.867. The van der Waals surface area contributed by atoms with Crippen LogP contribution in [0.5, 0.6) is 0 Å². The zero-order valence-electron chi connectivity index (χ0n) is 12.2. The van der Waals surface area contributed by atoms with Crippen molar-refractivity contribution >= 4 is 0 Å². The summed E-state index contributed by atoms with van der Waals surface area (Å²) in [6, 6.07) is 1.37. The minimum absolute atomic E-state index is 0.676. The maximum Gasteiger partial charge on any atom is 0.0247 e. The van der Waals surface area contributed by atoms with E-state index in [4.69, 9.17) is 0 Å². The molecule has 1 N–H and O–H groups in total. The van der Waals surface area contributed by atoms with Crippen LogP contribution in [0.2, 0.25) is 0 Å². The summed E-state index contributed by atoms with van der Waals surface area (Å²) >= 11 is 0. The Balaban J connectivity index is 2.56. The van der Waals surface area contributed by atoms with E-state index in [0.29, 0.717) is 12.1 Å². The summed E-state index contributed by atoms with van der Waals surface area (Å²) in [6.07, 6.45) is 5.74. The molecule has 0 aromatic heterocycles. The first-order chi connectivity index (χ1) is 8.04. The first kappa shape index (κ1) is 14.7. The third kappa shape index (κ3) is 4.81. The summed E-state index contributed by atoms with van der Waals surface area (Å²) in [6.45, 7) is 14.8. The van der Waals surface area contributed by atoms with Crippen LogP contribution in [0.3, 0.4) is 0 Å². The van der Waals surface area contributed by atoms with E-state index in [9.17, 15) is 0 Å². The van der Waals surface area contributed by atoms with Crippen molar-refractivity contribution in [2.24, 2.45) is 11.8 Å². The number of hydrogen-bond donors (Lipinski definition) is 1. The van der Waals surface area contributed by atoms with Crippen LogP contribution in [0, 0.1) is 11.8 Å². The van der Waals surface area contributed by atoms with Crippen LogP contribution in [0.25, 0.3) is 0 Å². The Morgan fingerprint density at radius 1 is 1.29 bits per heavy atom. The second-order valence-corrected chi connectivity index (χ2v) is 6.07. The van der Waals surface area contributed by atoms with Gasteiger partial charge in [0.05, 0.1) is 0 Å². The van der Waals surface area contributed by atoms with Crippen molar-refractivity contribution in [1.82, 2.24) is 10.2 Å². The predicted octanol–water partition coefficient (Wildman–Crippen LogP) is 2.91. The lowest BCUT2D eigenvalue weighted by atomic mass is 9.95. The number of nitrogens with zero attached hydrogens (tertiary/aromatic N) is 1. The molecule has 1 rings (SSSR count). The zero-order valence-corrected chi connectivity index (χ0v) is 12.2. The van der Waals surface area contributed by atoms with Gasteiger partial charge < -0.3 is 5.32 Å². The predicted molar refractivity (Wildman–Crippen MR) is 76.3 cm³/mol. The van der Waals surface area contributed by atoms with Crippen LogP contribution in [-0.2, 0) is 0 Å². The van der Waals surface area contributed by atoms with Crippen molar-refractivity contribution in [3.8, 4) is 0 Å². The van der Waals surface area contributed by atoms with Crippen LogP contribution in [-0.4, -0.2) is 36.6 Å². The van der Waals surface area contributed by atoms with Crippen molar-refractivity contribution in [3.63, 3.8) is 0 Å². The fourth-order valence-electron chi connectivity index (χ4n) is 2.73. The molecule has 0 aromatic rings. The molecule has 0 bridgehead atoms. The van der Waals surface area contributed by atoms with Crippen LogP contribution in [0.4, 0.5) is 0 Å². The van der Waals surface area contributed by atoms with Crippen molar-refractivity contribution in [1.29, 1.82) is 0 Å². The van der Waals surface area contributed by atoms with E-state index in [2.05, 4.69) is 57.0 Å². The summed E-state index contributed by atoms with van der Waals surface area (Å²) < 4.78 is 0. The molecule has 2 nitrogen and oxygen atoms in total. The normalized spacial score (nSPS) is 27.5. The van der Waals surface area contributed by atoms with Gasteiger partial charge in [-0.15, -0.1) is 0 Å². The number of piperazine rings is 1. The highest BCUT2D eigenvalue weighted by Gasteiger charge is 2.29. The van der Waals surface area contributed by atoms with Gasteiger partial charge in [-0.2, -0.15) is 0 Å². The average Bonchev–Trinajstić information content (AvgIpc) is 2.25. The molecule has 2 atom stereocenters. The number of nitrogens with one attached hydrogen (secondary N) is 1. The maximum absolute atomic E-state index is 3.72. The van der Waals surface area contributed by atoms with Gasteiger partial charge in [0.1, 0.15) is 0 Å². The molecule has 1 heterocycles. The van der Waals surface area contributed by atoms with Crippen LogP contribution >= 0.6 is 0 Å². The van der Waals surface area contributed by atoms with Crippen molar-refractivity contribution in [2.45, 2.75) is 53.1 Å². The summed E-state index contributed by atoms with van der Waals surface area (Å²) in [5.74, 6) is 1.51. The van der Waals surface area contributed by atoms with E-state index in [1.807, 2.05) is 0 Å². The monoisotopic (exact) mass is 238 g/mol. The molecule has 2 heteroatoms. The van der Waals surface area contributed by atoms with Crippen LogP contribution < -0.4 is 5.32 Å². The highest BCUT2D eigenvalue weighted by Crippen LogP contribution is 2.18. The largest absolute Gasteiger partial charge is 0.311 e. The molecule has 0 aliphatic carbocycles. The molecule has 1 aliphatic heterocycles. The lowest BCUT2D eigenvalue weighted by Gasteiger charge is -2.42. The summed E-state index contributed by atoms with van der Waals surface area (Å²) in [5.41, 5.74) is 0. The first-order valence-electron chi connectivity index (χ1n) is 7.13. The van der Waals surface area contributed by atoms with E-state index in [0.717, 1.165) is 24.9 Å². The molecule has 0 saturated carbocycles. The molecule has 1 aliphatic rings. The van der Waals surface area contributed by atoms with Crippen molar-refractivity contribution < 1.29 is 0 Å². The Bertz CT molecular complexity index is 233. The van der Waals surface area contributed by atoms with E-state index >= 15 is 0 Å². The Labute approximate surface area is 107 Å². The molecule has 0 radical (unpaired) electrons. The third-order valence-corrected chi connectivity index (χ3v) is 3.64. The minimum atomic E-state index is 0.676. The Hall–Kier alpha value is -0.340. The number of rotatable bonds is 5. The molecule has 100 valence electrons. The van der Waals surface area contributed by atoms with E-state index < -0.39 is 0 Å². The Morgan fingerprint density at radius 3 is 2.53 bits per heavy atom. The quantitative estimate of drug-likeness (QED) is 0.741. The molecule has 0 spiro atoms. The van der Waals surface area contributed by atoms with Crippen molar-refractivity contribution in [3.05, 3.63) is 12.2 Å². The molecule has 1 saturated heterocycles. The second kappa shape index (κ2) is 7.17. The maximum atomic E-state index is 3.72. The first-order valence-corrected chi connectivity index (χ1v) is 7.13. The fourth-order valence-corrected chi connectivity index (χ4v) is 2.73. The van der Waals surface area contributed by atoms with Gasteiger partial charge in [0.25, 0.3) is 0 Å². The van der Waals surface area contributed by atoms with Gasteiger partial charge in [0, 0.05) is 31.7 Å². The summed E-state index contributed by atoms with van der Waals surface area (Å²) in [4.78, 5) is 2.65. The molecule has 2 unspecified atom stereocenters. The highest BCUT2D eigenvalue weighted by atomic mass is 15.2. The van der Waals surface area contributed by atoms with E-state index in [1.165, 1.54) is 13.0 Å². The van der Waals surface area contributed by atoms with Crippen molar-refractivity contribution in [2.75, 3.05) is 19.6 Å². The Morgan fingerprint density at radius 2 is 2.00 bits per heavy atom. The van der Waals surface area contributed by atoms with Gasteiger partial charge in [-0.1, -0.05) is 39.8 Å². The summed E-state index contributed by atoms with van der Waals surface area (Å²) in [7, 11) is 0.